The molecule has 2 nitrogen and oxygen atoms in total. The maximum Gasteiger partial charge on any atom is 0.145 e. The van der Waals surface area contributed by atoms with Gasteiger partial charge in [-0.05, 0) is 38.8 Å². The van der Waals surface area contributed by atoms with Gasteiger partial charge in [0.1, 0.15) is 6.29 Å². The maximum atomic E-state index is 10.4. The van der Waals surface area contributed by atoms with Crippen LogP contribution < -0.4 is 0 Å². The van der Waals surface area contributed by atoms with Crippen LogP contribution in [-0.4, -0.2) is 18.0 Å². The minimum absolute atomic E-state index is 0.0894. The summed E-state index contributed by atoms with van der Waals surface area (Å²) >= 11 is 0. The molecule has 0 heterocycles. The van der Waals surface area contributed by atoms with Gasteiger partial charge in [-0.25, -0.2) is 0 Å². The van der Waals surface area contributed by atoms with Gasteiger partial charge in [0.05, 0.1) is 6.61 Å². The third-order valence-corrected chi connectivity index (χ3v) is 2.72. The largest absolute Gasteiger partial charge is 0.392 e. The molecule has 0 aromatic carbocycles. The van der Waals surface area contributed by atoms with E-state index in [2.05, 4.69) is 0 Å². The van der Waals surface area contributed by atoms with Crippen LogP contribution in [0.4, 0.5) is 0 Å². The van der Waals surface area contributed by atoms with Crippen molar-refractivity contribution in [1.82, 2.24) is 0 Å². The van der Waals surface area contributed by atoms with E-state index in [1.807, 2.05) is 75.5 Å². The van der Waals surface area contributed by atoms with E-state index in [1.165, 1.54) is 0 Å². The molecule has 22 heavy (non-hydrogen) atoms. The Bertz CT molecular complexity index is 550. The molecule has 2 heteroatoms. The number of carbonyl (C=O) groups is 1. The first-order chi connectivity index (χ1) is 10.5. The second-order valence-electron chi connectivity index (χ2n) is 5.12. The third-order valence-electron chi connectivity index (χ3n) is 2.72. The minimum atomic E-state index is 0.0894. The SMILES string of the molecule is CC(C=O)=CC=CC(C)=CC=CC=C(C)C=CC=C(C)CO. The van der Waals surface area contributed by atoms with Gasteiger partial charge in [0.2, 0.25) is 0 Å². The van der Waals surface area contributed by atoms with Gasteiger partial charge in [0.15, 0.2) is 0 Å². The van der Waals surface area contributed by atoms with E-state index in [9.17, 15) is 4.79 Å². The molecule has 1 N–H and O–H groups in total. The van der Waals surface area contributed by atoms with Crippen molar-refractivity contribution in [2.24, 2.45) is 0 Å². The van der Waals surface area contributed by atoms with Crippen LogP contribution in [0.25, 0.3) is 0 Å². The van der Waals surface area contributed by atoms with Crippen molar-refractivity contribution < 1.29 is 9.90 Å². The standard InChI is InChI=1S/C20H26O2/c1-17(11-7-13-19(3)15-21)9-5-6-10-18(2)12-8-14-20(4)16-22/h5-15,22H,16H2,1-4H3. The second-order valence-corrected chi connectivity index (χ2v) is 5.12. The first-order valence-corrected chi connectivity index (χ1v) is 7.26. The molecule has 0 aliphatic rings. The van der Waals surface area contributed by atoms with Crippen molar-refractivity contribution in [3.05, 3.63) is 83.1 Å². The fourth-order valence-electron chi connectivity index (χ4n) is 1.33. The van der Waals surface area contributed by atoms with Gasteiger partial charge in [0.25, 0.3) is 0 Å². The summed E-state index contributed by atoms with van der Waals surface area (Å²) in [5, 5.41) is 8.87. The van der Waals surface area contributed by atoms with Crippen molar-refractivity contribution in [2.45, 2.75) is 27.7 Å². The Morgan fingerprint density at radius 3 is 1.64 bits per heavy atom. The number of hydrogen-bond donors (Lipinski definition) is 1. The second kappa shape index (κ2) is 12.5. The first-order valence-electron chi connectivity index (χ1n) is 7.26. The van der Waals surface area contributed by atoms with Gasteiger partial charge >= 0.3 is 0 Å². The van der Waals surface area contributed by atoms with Gasteiger partial charge in [-0.2, -0.15) is 0 Å². The predicted octanol–water partition coefficient (Wildman–Crippen LogP) is 4.63. The van der Waals surface area contributed by atoms with Crippen molar-refractivity contribution in [3.63, 3.8) is 0 Å². The molecule has 0 aromatic rings. The molecule has 0 saturated carbocycles. The summed E-state index contributed by atoms with van der Waals surface area (Å²) in [6.45, 7) is 7.77. The van der Waals surface area contributed by atoms with E-state index in [0.717, 1.165) is 23.0 Å². The van der Waals surface area contributed by atoms with Crippen molar-refractivity contribution in [2.75, 3.05) is 6.61 Å². The fourth-order valence-corrected chi connectivity index (χ4v) is 1.33. The lowest BCUT2D eigenvalue weighted by Crippen LogP contribution is -1.81. The topological polar surface area (TPSA) is 37.3 Å². The molecule has 0 rings (SSSR count). The highest BCUT2D eigenvalue weighted by atomic mass is 16.3. The summed E-state index contributed by atoms with van der Waals surface area (Å²) < 4.78 is 0. The summed E-state index contributed by atoms with van der Waals surface area (Å²) in [6.07, 6.45) is 20.2. The van der Waals surface area contributed by atoms with E-state index in [-0.39, 0.29) is 6.61 Å². The number of aliphatic hydroxyl groups excluding tert-OH is 1. The molecular weight excluding hydrogens is 272 g/mol. The zero-order valence-electron chi connectivity index (χ0n) is 13.9. The zero-order valence-corrected chi connectivity index (χ0v) is 13.9. The average molecular weight is 298 g/mol. The van der Waals surface area contributed by atoms with E-state index in [0.29, 0.717) is 5.57 Å². The molecule has 0 fully saturated rings. The molecule has 0 spiro atoms. The van der Waals surface area contributed by atoms with E-state index >= 15 is 0 Å². The van der Waals surface area contributed by atoms with Crippen LogP contribution in [0.15, 0.2) is 83.1 Å². The Hall–Kier alpha value is -2.19. The van der Waals surface area contributed by atoms with Crippen LogP contribution in [0.3, 0.4) is 0 Å². The van der Waals surface area contributed by atoms with Crippen LogP contribution in [0.5, 0.6) is 0 Å². The number of hydrogen-bond acceptors (Lipinski definition) is 2. The summed E-state index contributed by atoms with van der Waals surface area (Å²) in [5.74, 6) is 0. The van der Waals surface area contributed by atoms with Crippen molar-refractivity contribution in [1.29, 1.82) is 0 Å². The number of allylic oxidation sites excluding steroid dienone is 13. The van der Waals surface area contributed by atoms with E-state index < -0.39 is 0 Å². The first kappa shape index (κ1) is 19.8. The maximum absolute atomic E-state index is 10.4. The minimum Gasteiger partial charge on any atom is -0.392 e. The highest BCUT2D eigenvalue weighted by molar-refractivity contribution is 5.72. The molecule has 0 atom stereocenters. The van der Waals surface area contributed by atoms with E-state index in [1.54, 1.807) is 13.0 Å². The van der Waals surface area contributed by atoms with Crippen LogP contribution >= 0.6 is 0 Å². The number of carbonyl (C=O) groups excluding carboxylic acids is 1. The molecule has 0 amide bonds. The molecule has 0 aliphatic heterocycles. The molecule has 0 bridgehead atoms. The molecule has 0 aromatic heterocycles. The van der Waals surface area contributed by atoms with Crippen molar-refractivity contribution in [3.8, 4) is 0 Å². The van der Waals surface area contributed by atoms with Crippen LogP contribution in [0.1, 0.15) is 27.7 Å². The lowest BCUT2D eigenvalue weighted by atomic mass is 10.2. The lowest BCUT2D eigenvalue weighted by Gasteiger charge is -1.90. The molecule has 118 valence electrons. The smallest absolute Gasteiger partial charge is 0.145 e. The molecule has 0 radical (unpaired) electrons. The molecule has 0 unspecified atom stereocenters. The van der Waals surface area contributed by atoms with Crippen molar-refractivity contribution >= 4 is 6.29 Å². The monoisotopic (exact) mass is 298 g/mol. The van der Waals surface area contributed by atoms with Gasteiger partial charge in [-0.15, -0.1) is 0 Å². The summed E-state index contributed by atoms with van der Waals surface area (Å²) in [5.41, 5.74) is 3.87. The van der Waals surface area contributed by atoms with Gasteiger partial charge in [-0.3, -0.25) is 4.79 Å². The van der Waals surface area contributed by atoms with Crippen LogP contribution in [0, 0.1) is 0 Å². The Labute approximate surface area is 134 Å². The summed E-state index contributed by atoms with van der Waals surface area (Å²) in [4.78, 5) is 10.4. The quantitative estimate of drug-likeness (QED) is 0.403. The van der Waals surface area contributed by atoms with E-state index in [4.69, 9.17) is 5.11 Å². The molecule has 0 aliphatic carbocycles. The lowest BCUT2D eigenvalue weighted by molar-refractivity contribution is -0.104. The highest BCUT2D eigenvalue weighted by Crippen LogP contribution is 2.00. The van der Waals surface area contributed by atoms with Crippen LogP contribution in [0.2, 0.25) is 0 Å². The molecule has 0 saturated heterocycles. The number of aldehydes is 1. The Balaban J connectivity index is 4.50. The predicted molar refractivity (Wildman–Crippen MR) is 95.6 cm³/mol. The summed E-state index contributed by atoms with van der Waals surface area (Å²) in [6, 6.07) is 0. The van der Waals surface area contributed by atoms with Gasteiger partial charge in [-0.1, -0.05) is 71.9 Å². The zero-order chi connectivity index (χ0) is 16.8. The Kier molecular flexibility index (Phi) is 11.3. The Morgan fingerprint density at radius 2 is 1.18 bits per heavy atom. The molecular formula is C20H26O2. The van der Waals surface area contributed by atoms with Gasteiger partial charge in [0, 0.05) is 0 Å². The van der Waals surface area contributed by atoms with Gasteiger partial charge < -0.3 is 5.11 Å². The highest BCUT2D eigenvalue weighted by Gasteiger charge is 1.82. The number of aliphatic hydroxyl groups is 1. The van der Waals surface area contributed by atoms with Crippen LogP contribution in [-0.2, 0) is 4.79 Å². The fraction of sp³-hybridized carbons (Fsp3) is 0.250. The number of rotatable bonds is 8. The average Bonchev–Trinajstić information content (AvgIpc) is 2.51. The Morgan fingerprint density at radius 1 is 0.727 bits per heavy atom. The normalized spacial score (nSPS) is 15.5. The summed E-state index contributed by atoms with van der Waals surface area (Å²) in [7, 11) is 0. The third kappa shape index (κ3) is 11.6.